The normalized spacial score (nSPS) is 11.5. The largest absolute Gasteiger partial charge is 0.356 e. The maximum atomic E-state index is 13.2. The molecular formula is C18H29ClFIN4O. The molecule has 148 valence electrons. The Bertz CT molecular complexity index is 611. The number of nitrogens with one attached hydrogen (secondary N) is 3. The SMILES string of the molecule is CCCNC(=O)CCNC(=NC)NCC(C)(C)c1ccc(F)cc1Cl.I. The van der Waals surface area contributed by atoms with Crippen molar-refractivity contribution in [1.29, 1.82) is 0 Å². The monoisotopic (exact) mass is 498 g/mol. The lowest BCUT2D eigenvalue weighted by atomic mass is 9.84. The molecular weight excluding hydrogens is 470 g/mol. The molecule has 0 atom stereocenters. The van der Waals surface area contributed by atoms with Gasteiger partial charge in [0.15, 0.2) is 5.96 Å². The van der Waals surface area contributed by atoms with E-state index in [0.29, 0.717) is 37.0 Å². The van der Waals surface area contributed by atoms with E-state index in [-0.39, 0.29) is 41.1 Å². The molecule has 8 heteroatoms. The molecule has 1 amide bonds. The second kappa shape index (κ2) is 12.3. The van der Waals surface area contributed by atoms with Gasteiger partial charge in [-0.2, -0.15) is 0 Å². The summed E-state index contributed by atoms with van der Waals surface area (Å²) in [6, 6.07) is 4.43. The second-order valence-electron chi connectivity index (χ2n) is 6.46. The number of halogens is 3. The average Bonchev–Trinajstić information content (AvgIpc) is 2.55. The lowest BCUT2D eigenvalue weighted by Gasteiger charge is -2.27. The summed E-state index contributed by atoms with van der Waals surface area (Å²) in [5.41, 5.74) is 0.540. The molecule has 5 nitrogen and oxygen atoms in total. The van der Waals surface area contributed by atoms with Crippen LogP contribution < -0.4 is 16.0 Å². The molecule has 0 bridgehead atoms. The van der Waals surface area contributed by atoms with Crippen LogP contribution in [0.25, 0.3) is 0 Å². The van der Waals surface area contributed by atoms with E-state index in [1.165, 1.54) is 12.1 Å². The van der Waals surface area contributed by atoms with E-state index >= 15 is 0 Å². The van der Waals surface area contributed by atoms with Gasteiger partial charge in [0.25, 0.3) is 0 Å². The number of benzene rings is 1. The summed E-state index contributed by atoms with van der Waals surface area (Å²) in [6.07, 6.45) is 1.30. The Kier molecular flexibility index (Phi) is 11.8. The number of amides is 1. The summed E-state index contributed by atoms with van der Waals surface area (Å²) >= 11 is 6.17. The van der Waals surface area contributed by atoms with E-state index in [1.807, 2.05) is 20.8 Å². The van der Waals surface area contributed by atoms with Crippen LogP contribution in [0.15, 0.2) is 23.2 Å². The van der Waals surface area contributed by atoms with Gasteiger partial charge in [0.2, 0.25) is 5.91 Å². The maximum Gasteiger partial charge on any atom is 0.221 e. The Hall–Kier alpha value is -1.09. The van der Waals surface area contributed by atoms with Crippen LogP contribution in [-0.4, -0.2) is 38.5 Å². The predicted octanol–water partition coefficient (Wildman–Crippen LogP) is 3.46. The van der Waals surface area contributed by atoms with Crippen LogP contribution in [0.2, 0.25) is 5.02 Å². The number of carbonyl (C=O) groups excluding carboxylic acids is 1. The summed E-state index contributed by atoms with van der Waals surface area (Å²) in [6.45, 7) is 7.79. The molecule has 0 radical (unpaired) electrons. The Morgan fingerprint density at radius 1 is 1.23 bits per heavy atom. The van der Waals surface area contributed by atoms with Crippen molar-refractivity contribution in [2.75, 3.05) is 26.7 Å². The lowest BCUT2D eigenvalue weighted by Crippen LogP contribution is -2.44. The molecule has 0 aromatic heterocycles. The van der Waals surface area contributed by atoms with Gasteiger partial charge in [0, 0.05) is 43.5 Å². The van der Waals surface area contributed by atoms with E-state index < -0.39 is 0 Å². The van der Waals surface area contributed by atoms with Gasteiger partial charge in [-0.25, -0.2) is 4.39 Å². The fourth-order valence-electron chi connectivity index (χ4n) is 2.31. The molecule has 0 aliphatic heterocycles. The van der Waals surface area contributed by atoms with Crippen LogP contribution in [-0.2, 0) is 10.2 Å². The van der Waals surface area contributed by atoms with Crippen molar-refractivity contribution >= 4 is 47.4 Å². The van der Waals surface area contributed by atoms with Crippen LogP contribution in [0.1, 0.15) is 39.2 Å². The number of guanidine groups is 1. The van der Waals surface area contributed by atoms with Crippen LogP contribution in [0.4, 0.5) is 4.39 Å². The maximum absolute atomic E-state index is 13.2. The van der Waals surface area contributed by atoms with Gasteiger partial charge >= 0.3 is 0 Å². The Morgan fingerprint density at radius 3 is 2.50 bits per heavy atom. The first-order chi connectivity index (χ1) is 11.8. The number of rotatable bonds is 8. The molecule has 1 rings (SSSR count). The molecule has 0 spiro atoms. The minimum absolute atomic E-state index is 0. The van der Waals surface area contributed by atoms with Crippen LogP contribution in [0, 0.1) is 5.82 Å². The third-order valence-electron chi connectivity index (χ3n) is 3.80. The summed E-state index contributed by atoms with van der Waals surface area (Å²) in [5, 5.41) is 9.56. The van der Waals surface area contributed by atoms with Crippen LogP contribution in [0.3, 0.4) is 0 Å². The molecule has 1 aromatic carbocycles. The minimum Gasteiger partial charge on any atom is -0.356 e. The highest BCUT2D eigenvalue weighted by Gasteiger charge is 2.24. The highest BCUT2D eigenvalue weighted by molar-refractivity contribution is 14.0. The lowest BCUT2D eigenvalue weighted by molar-refractivity contribution is -0.120. The van der Waals surface area contributed by atoms with Crippen LogP contribution in [0.5, 0.6) is 0 Å². The molecule has 1 aromatic rings. The third kappa shape index (κ3) is 8.53. The standard InChI is InChI=1S/C18H28ClFN4O.HI/c1-5-9-22-16(25)8-10-23-17(21-4)24-12-18(2,3)14-7-6-13(20)11-15(14)19;/h6-7,11H,5,8-10,12H2,1-4H3,(H,22,25)(H2,21,23,24);1H. The average molecular weight is 499 g/mol. The Labute approximate surface area is 177 Å². The highest BCUT2D eigenvalue weighted by Crippen LogP contribution is 2.29. The molecule has 3 N–H and O–H groups in total. The molecule has 0 aliphatic carbocycles. The summed E-state index contributed by atoms with van der Waals surface area (Å²) in [5.74, 6) is 0.272. The molecule has 0 aliphatic rings. The quantitative estimate of drug-likeness (QED) is 0.292. The number of hydrogen-bond acceptors (Lipinski definition) is 2. The van der Waals surface area contributed by atoms with Gasteiger partial charge in [-0.3, -0.25) is 9.79 Å². The van der Waals surface area contributed by atoms with Gasteiger partial charge in [-0.05, 0) is 24.1 Å². The molecule has 0 saturated heterocycles. The molecule has 0 fully saturated rings. The summed E-state index contributed by atoms with van der Waals surface area (Å²) in [4.78, 5) is 15.7. The first-order valence-corrected chi connectivity index (χ1v) is 8.84. The topological polar surface area (TPSA) is 65.5 Å². The van der Waals surface area contributed by atoms with Crippen molar-refractivity contribution in [3.8, 4) is 0 Å². The number of nitrogens with zero attached hydrogens (tertiary/aromatic N) is 1. The fraction of sp³-hybridized carbons (Fsp3) is 0.556. The third-order valence-corrected chi connectivity index (χ3v) is 4.11. The van der Waals surface area contributed by atoms with Crippen molar-refractivity contribution < 1.29 is 9.18 Å². The Morgan fingerprint density at radius 2 is 1.92 bits per heavy atom. The van der Waals surface area contributed by atoms with Gasteiger partial charge in [-0.15, -0.1) is 24.0 Å². The van der Waals surface area contributed by atoms with Gasteiger partial charge in [-0.1, -0.05) is 38.4 Å². The predicted molar refractivity (Wildman–Crippen MR) is 117 cm³/mol. The van der Waals surface area contributed by atoms with E-state index in [0.717, 1.165) is 12.0 Å². The molecule has 0 saturated carbocycles. The zero-order valence-electron chi connectivity index (χ0n) is 15.8. The molecule has 0 unspecified atom stereocenters. The van der Waals surface area contributed by atoms with Crippen molar-refractivity contribution in [3.05, 3.63) is 34.6 Å². The Balaban J connectivity index is 0.00000625. The fourth-order valence-corrected chi connectivity index (χ4v) is 2.73. The van der Waals surface area contributed by atoms with Crippen molar-refractivity contribution in [2.24, 2.45) is 4.99 Å². The van der Waals surface area contributed by atoms with E-state index in [2.05, 4.69) is 20.9 Å². The van der Waals surface area contributed by atoms with Gasteiger partial charge in [0.1, 0.15) is 5.82 Å². The van der Waals surface area contributed by atoms with E-state index in [1.54, 1.807) is 13.1 Å². The smallest absolute Gasteiger partial charge is 0.221 e. The molecule has 0 heterocycles. The highest BCUT2D eigenvalue weighted by atomic mass is 127. The van der Waals surface area contributed by atoms with Gasteiger partial charge in [0.05, 0.1) is 0 Å². The number of hydrogen-bond donors (Lipinski definition) is 3. The summed E-state index contributed by atoms with van der Waals surface area (Å²) in [7, 11) is 1.67. The number of carbonyl (C=O) groups is 1. The first kappa shape index (κ1) is 24.9. The first-order valence-electron chi connectivity index (χ1n) is 8.47. The zero-order valence-corrected chi connectivity index (χ0v) is 18.9. The van der Waals surface area contributed by atoms with Gasteiger partial charge < -0.3 is 16.0 Å². The van der Waals surface area contributed by atoms with Crippen molar-refractivity contribution in [2.45, 2.75) is 39.0 Å². The van der Waals surface area contributed by atoms with E-state index in [9.17, 15) is 9.18 Å². The van der Waals surface area contributed by atoms with Crippen molar-refractivity contribution in [3.63, 3.8) is 0 Å². The second-order valence-corrected chi connectivity index (χ2v) is 6.87. The minimum atomic E-state index is -0.351. The zero-order chi connectivity index (χ0) is 18.9. The van der Waals surface area contributed by atoms with E-state index in [4.69, 9.17) is 11.6 Å². The van der Waals surface area contributed by atoms with Crippen LogP contribution >= 0.6 is 35.6 Å². The molecule has 26 heavy (non-hydrogen) atoms. The number of aliphatic imine (C=N–C) groups is 1. The summed E-state index contributed by atoms with van der Waals surface area (Å²) < 4.78 is 13.2. The van der Waals surface area contributed by atoms with Crippen molar-refractivity contribution in [1.82, 2.24) is 16.0 Å².